The summed E-state index contributed by atoms with van der Waals surface area (Å²) in [5.41, 5.74) is 1.13. The maximum atomic E-state index is 11.2. The van der Waals surface area contributed by atoms with Gasteiger partial charge in [0.15, 0.2) is 0 Å². The molecule has 0 aliphatic rings. The highest BCUT2D eigenvalue weighted by atomic mass is 32.1. The molecule has 0 atom stereocenters. The van der Waals surface area contributed by atoms with Crippen molar-refractivity contribution >= 4 is 18.5 Å². The van der Waals surface area contributed by atoms with Crippen molar-refractivity contribution in [1.82, 2.24) is 5.32 Å². The molecule has 0 aliphatic heterocycles. The van der Waals surface area contributed by atoms with E-state index in [9.17, 15) is 4.79 Å². The molecule has 0 bridgehead atoms. The Hall–Kier alpha value is -1.40. The van der Waals surface area contributed by atoms with E-state index in [-0.39, 0.29) is 5.91 Å². The van der Waals surface area contributed by atoms with Crippen LogP contribution in [0.1, 0.15) is 12.0 Å². The number of amides is 1. The Balaban J connectivity index is 2.34. The van der Waals surface area contributed by atoms with E-state index in [0.29, 0.717) is 13.0 Å². The third-order valence-corrected chi connectivity index (χ3v) is 2.26. The van der Waals surface area contributed by atoms with Crippen LogP contribution >= 0.6 is 12.6 Å². The van der Waals surface area contributed by atoms with Gasteiger partial charge >= 0.3 is 0 Å². The Morgan fingerprint density at radius 3 is 2.67 bits per heavy atom. The Labute approximate surface area is 95.5 Å². The van der Waals surface area contributed by atoms with Crippen molar-refractivity contribution in [2.24, 2.45) is 0 Å². The highest BCUT2D eigenvalue weighted by Gasteiger charge is 2.00. The van der Waals surface area contributed by atoms with Gasteiger partial charge in [0.2, 0.25) is 5.91 Å². The molecule has 2 nitrogen and oxygen atoms in total. The zero-order valence-electron chi connectivity index (χ0n) is 8.36. The van der Waals surface area contributed by atoms with Gasteiger partial charge in [-0.25, -0.2) is 0 Å². The number of carbonyl (C=O) groups excluding carboxylic acids is 1. The van der Waals surface area contributed by atoms with Gasteiger partial charge in [0.05, 0.1) is 6.54 Å². The summed E-state index contributed by atoms with van der Waals surface area (Å²) in [6, 6.07) is 7.77. The number of benzene rings is 1. The maximum absolute atomic E-state index is 11.2. The smallest absolute Gasteiger partial charge is 0.221 e. The van der Waals surface area contributed by atoms with Gasteiger partial charge in [-0.3, -0.25) is 4.79 Å². The Bertz CT molecular complexity index is 364. The highest BCUT2D eigenvalue weighted by Crippen LogP contribution is 2.09. The molecule has 78 valence electrons. The first-order valence-corrected chi connectivity index (χ1v) is 5.15. The van der Waals surface area contributed by atoms with Crippen molar-refractivity contribution in [2.45, 2.75) is 17.7 Å². The van der Waals surface area contributed by atoms with Gasteiger partial charge < -0.3 is 5.32 Å². The second kappa shape index (κ2) is 6.15. The largest absolute Gasteiger partial charge is 0.345 e. The van der Waals surface area contributed by atoms with Crippen LogP contribution in [0.25, 0.3) is 0 Å². The number of thiol groups is 1. The van der Waals surface area contributed by atoms with E-state index in [4.69, 9.17) is 6.42 Å². The second-order valence-electron chi connectivity index (χ2n) is 3.15. The number of aryl methyl sites for hydroxylation is 1. The van der Waals surface area contributed by atoms with Gasteiger partial charge in [0.1, 0.15) is 0 Å². The highest BCUT2D eigenvalue weighted by molar-refractivity contribution is 7.80. The maximum Gasteiger partial charge on any atom is 0.221 e. The number of hydrogen-bond donors (Lipinski definition) is 2. The predicted octanol–water partition coefficient (Wildman–Crippen LogP) is 1.66. The van der Waals surface area contributed by atoms with Crippen LogP contribution in [-0.4, -0.2) is 12.5 Å². The summed E-state index contributed by atoms with van der Waals surface area (Å²) in [5, 5.41) is 2.62. The molecule has 0 radical (unpaired) electrons. The predicted molar refractivity (Wildman–Crippen MR) is 63.9 cm³/mol. The van der Waals surface area contributed by atoms with E-state index >= 15 is 0 Å². The first-order valence-electron chi connectivity index (χ1n) is 4.70. The fourth-order valence-electron chi connectivity index (χ4n) is 1.16. The summed E-state index contributed by atoms with van der Waals surface area (Å²) >= 11 is 4.19. The molecule has 1 rings (SSSR count). The van der Waals surface area contributed by atoms with Gasteiger partial charge in [-0.1, -0.05) is 18.1 Å². The van der Waals surface area contributed by atoms with Crippen molar-refractivity contribution < 1.29 is 4.79 Å². The molecule has 0 aliphatic carbocycles. The molecule has 1 aromatic rings. The molecule has 1 amide bonds. The first-order chi connectivity index (χ1) is 7.22. The summed E-state index contributed by atoms with van der Waals surface area (Å²) in [7, 11) is 0. The number of nitrogens with one attached hydrogen (secondary N) is 1. The first kappa shape index (κ1) is 11.7. The average Bonchev–Trinajstić information content (AvgIpc) is 2.25. The van der Waals surface area contributed by atoms with Crippen molar-refractivity contribution in [3.8, 4) is 12.3 Å². The normalized spacial score (nSPS) is 9.33. The summed E-state index contributed by atoms with van der Waals surface area (Å²) in [4.78, 5) is 12.1. The minimum Gasteiger partial charge on any atom is -0.345 e. The molecule has 3 heteroatoms. The molecular weight excluding hydrogens is 206 g/mol. The Morgan fingerprint density at radius 1 is 1.40 bits per heavy atom. The Kier molecular flexibility index (Phi) is 4.79. The molecule has 1 aromatic carbocycles. The van der Waals surface area contributed by atoms with Crippen molar-refractivity contribution in [2.75, 3.05) is 6.54 Å². The molecule has 0 saturated heterocycles. The lowest BCUT2D eigenvalue weighted by Crippen LogP contribution is -2.23. The van der Waals surface area contributed by atoms with Gasteiger partial charge in [-0.2, -0.15) is 0 Å². The Morgan fingerprint density at radius 2 is 2.07 bits per heavy atom. The fourth-order valence-corrected chi connectivity index (χ4v) is 1.31. The molecular formula is C12H13NOS. The zero-order valence-corrected chi connectivity index (χ0v) is 9.26. The summed E-state index contributed by atoms with van der Waals surface area (Å²) in [6.45, 7) is 0.300. The summed E-state index contributed by atoms with van der Waals surface area (Å²) < 4.78 is 0. The minimum atomic E-state index is -0.0112. The van der Waals surface area contributed by atoms with Crippen LogP contribution in [0.15, 0.2) is 29.2 Å². The summed E-state index contributed by atoms with van der Waals surface area (Å²) in [5.74, 6) is 2.35. The van der Waals surface area contributed by atoms with Crippen LogP contribution in [0.4, 0.5) is 0 Å². The number of hydrogen-bond acceptors (Lipinski definition) is 2. The molecule has 0 heterocycles. The van der Waals surface area contributed by atoms with Crippen molar-refractivity contribution in [3.05, 3.63) is 29.8 Å². The van der Waals surface area contributed by atoms with Crippen LogP contribution in [0, 0.1) is 12.3 Å². The van der Waals surface area contributed by atoms with Gasteiger partial charge in [0.25, 0.3) is 0 Å². The zero-order chi connectivity index (χ0) is 11.1. The molecule has 0 unspecified atom stereocenters. The van der Waals surface area contributed by atoms with E-state index in [0.717, 1.165) is 16.9 Å². The van der Waals surface area contributed by atoms with E-state index in [1.807, 2.05) is 24.3 Å². The van der Waals surface area contributed by atoms with E-state index in [1.165, 1.54) is 0 Å². The third-order valence-electron chi connectivity index (χ3n) is 1.96. The minimum absolute atomic E-state index is 0.0112. The fraction of sp³-hybridized carbons (Fsp3) is 0.250. The molecule has 15 heavy (non-hydrogen) atoms. The topological polar surface area (TPSA) is 29.1 Å². The molecule has 0 fully saturated rings. The van der Waals surface area contributed by atoms with Crippen LogP contribution < -0.4 is 5.32 Å². The van der Waals surface area contributed by atoms with Crippen molar-refractivity contribution in [1.29, 1.82) is 0 Å². The summed E-state index contributed by atoms with van der Waals surface area (Å²) in [6.07, 6.45) is 6.22. The van der Waals surface area contributed by atoms with Gasteiger partial charge in [-0.15, -0.1) is 19.1 Å². The molecule has 0 aromatic heterocycles. The number of carbonyl (C=O) groups is 1. The van der Waals surface area contributed by atoms with Crippen LogP contribution in [0.5, 0.6) is 0 Å². The van der Waals surface area contributed by atoms with Gasteiger partial charge in [0, 0.05) is 11.3 Å². The second-order valence-corrected chi connectivity index (χ2v) is 3.66. The van der Waals surface area contributed by atoms with Crippen LogP contribution in [0.3, 0.4) is 0 Å². The standard InChI is InChI=1S/C12H13NOS/c1-2-9-13-12(14)8-5-10-3-6-11(15)7-4-10/h1,3-4,6-7,15H,5,8-9H2,(H,13,14). The quantitative estimate of drug-likeness (QED) is 0.585. The van der Waals surface area contributed by atoms with Crippen LogP contribution in [0.2, 0.25) is 0 Å². The van der Waals surface area contributed by atoms with Crippen molar-refractivity contribution in [3.63, 3.8) is 0 Å². The van der Waals surface area contributed by atoms with Crippen LogP contribution in [-0.2, 0) is 11.2 Å². The van der Waals surface area contributed by atoms with E-state index in [1.54, 1.807) is 0 Å². The molecule has 0 saturated carbocycles. The lowest BCUT2D eigenvalue weighted by Gasteiger charge is -2.02. The molecule has 1 N–H and O–H groups in total. The lowest BCUT2D eigenvalue weighted by molar-refractivity contribution is -0.120. The number of terminal acetylenes is 1. The third kappa shape index (κ3) is 4.57. The average molecular weight is 219 g/mol. The van der Waals surface area contributed by atoms with Gasteiger partial charge in [-0.05, 0) is 24.1 Å². The van der Waals surface area contributed by atoms with E-state index < -0.39 is 0 Å². The monoisotopic (exact) mass is 219 g/mol. The number of rotatable bonds is 4. The SMILES string of the molecule is C#CCNC(=O)CCc1ccc(S)cc1. The lowest BCUT2D eigenvalue weighted by atomic mass is 10.1. The molecule has 0 spiro atoms. The van der Waals surface area contributed by atoms with E-state index in [2.05, 4.69) is 23.9 Å².